The second-order valence-corrected chi connectivity index (χ2v) is 4.57. The Hall–Kier alpha value is -0.830. The predicted molar refractivity (Wildman–Crippen MR) is 64.6 cm³/mol. The molecular formula is C12H14BrNO. The lowest BCUT2D eigenvalue weighted by atomic mass is 10.1. The Labute approximate surface area is 98.2 Å². The summed E-state index contributed by atoms with van der Waals surface area (Å²) in [6.45, 7) is 0.677. The third kappa shape index (κ3) is 2.40. The first-order valence-corrected chi connectivity index (χ1v) is 6.39. The molecule has 1 N–H and O–H groups in total. The van der Waals surface area contributed by atoms with Gasteiger partial charge in [0.15, 0.2) is 0 Å². The molecule has 0 aliphatic heterocycles. The van der Waals surface area contributed by atoms with Crippen molar-refractivity contribution < 1.29 is 4.79 Å². The van der Waals surface area contributed by atoms with Crippen LogP contribution in [0.15, 0.2) is 18.2 Å². The molecule has 1 amide bonds. The largest absolute Gasteiger partial charge is 0.351 e. The lowest BCUT2D eigenvalue weighted by Gasteiger charge is -2.05. The molecule has 1 aromatic rings. The Morgan fingerprint density at radius 2 is 2.13 bits per heavy atom. The fourth-order valence-corrected chi connectivity index (χ4v) is 2.17. The van der Waals surface area contributed by atoms with Crippen LogP contribution >= 0.6 is 15.9 Å². The highest BCUT2D eigenvalue weighted by atomic mass is 79.9. The van der Waals surface area contributed by atoms with Crippen molar-refractivity contribution in [1.29, 1.82) is 0 Å². The van der Waals surface area contributed by atoms with Gasteiger partial charge < -0.3 is 5.32 Å². The number of nitrogens with one attached hydrogen (secondary N) is 1. The molecule has 0 saturated heterocycles. The number of amides is 1. The van der Waals surface area contributed by atoms with E-state index in [1.807, 2.05) is 12.1 Å². The number of carbonyl (C=O) groups excluding carboxylic acids is 1. The predicted octanol–water partition coefficient (Wildman–Crippen LogP) is 2.30. The van der Waals surface area contributed by atoms with Crippen LogP contribution in [0.4, 0.5) is 0 Å². The number of alkyl halides is 1. The Bertz CT molecular complexity index is 376. The van der Waals surface area contributed by atoms with Crippen LogP contribution < -0.4 is 5.32 Å². The second-order valence-electron chi connectivity index (χ2n) is 3.78. The fourth-order valence-electron chi connectivity index (χ4n) is 1.98. The van der Waals surface area contributed by atoms with Crippen molar-refractivity contribution in [3.8, 4) is 0 Å². The summed E-state index contributed by atoms with van der Waals surface area (Å²) in [5.74, 6) is 0.0316. The molecule has 3 heteroatoms. The van der Waals surface area contributed by atoms with Crippen LogP contribution in [0.5, 0.6) is 0 Å². The molecule has 1 aliphatic carbocycles. The van der Waals surface area contributed by atoms with Crippen molar-refractivity contribution in [2.75, 3.05) is 11.9 Å². The van der Waals surface area contributed by atoms with E-state index in [-0.39, 0.29) is 5.91 Å². The third-order valence-corrected chi connectivity index (χ3v) is 3.14. The molecule has 0 spiro atoms. The van der Waals surface area contributed by atoms with Crippen molar-refractivity contribution in [1.82, 2.24) is 5.32 Å². The van der Waals surface area contributed by atoms with E-state index >= 15 is 0 Å². The molecule has 0 radical (unpaired) electrons. The van der Waals surface area contributed by atoms with Gasteiger partial charge in [0, 0.05) is 17.4 Å². The summed E-state index contributed by atoms with van der Waals surface area (Å²) in [5.41, 5.74) is 3.55. The van der Waals surface area contributed by atoms with Gasteiger partial charge >= 0.3 is 0 Å². The summed E-state index contributed by atoms with van der Waals surface area (Å²) < 4.78 is 0. The number of hydrogen-bond donors (Lipinski definition) is 1. The van der Waals surface area contributed by atoms with E-state index < -0.39 is 0 Å². The zero-order valence-electron chi connectivity index (χ0n) is 8.55. The Morgan fingerprint density at radius 1 is 1.33 bits per heavy atom. The van der Waals surface area contributed by atoms with E-state index in [9.17, 15) is 4.79 Å². The average molecular weight is 268 g/mol. The van der Waals surface area contributed by atoms with Gasteiger partial charge in [0.25, 0.3) is 5.91 Å². The normalized spacial score (nSPS) is 13.7. The number of hydrogen-bond acceptors (Lipinski definition) is 1. The van der Waals surface area contributed by atoms with E-state index in [2.05, 4.69) is 27.3 Å². The first kappa shape index (κ1) is 10.7. The summed E-state index contributed by atoms with van der Waals surface area (Å²) in [7, 11) is 0. The zero-order chi connectivity index (χ0) is 10.7. The van der Waals surface area contributed by atoms with Crippen molar-refractivity contribution in [3.05, 3.63) is 34.9 Å². The first-order valence-electron chi connectivity index (χ1n) is 5.27. The minimum atomic E-state index is 0.0316. The van der Waals surface area contributed by atoms with E-state index in [1.165, 1.54) is 24.0 Å². The van der Waals surface area contributed by atoms with Gasteiger partial charge in [-0.15, -0.1) is 0 Å². The van der Waals surface area contributed by atoms with Crippen LogP contribution in [0.2, 0.25) is 0 Å². The van der Waals surface area contributed by atoms with E-state index in [0.717, 1.165) is 17.3 Å². The lowest BCUT2D eigenvalue weighted by Crippen LogP contribution is -2.25. The van der Waals surface area contributed by atoms with Crippen LogP contribution in [0.3, 0.4) is 0 Å². The molecule has 0 atom stereocenters. The van der Waals surface area contributed by atoms with Crippen LogP contribution in [0.25, 0.3) is 0 Å². The smallest absolute Gasteiger partial charge is 0.251 e. The molecular weight excluding hydrogens is 254 g/mol. The average Bonchev–Trinajstić information content (AvgIpc) is 2.72. The van der Waals surface area contributed by atoms with E-state index in [4.69, 9.17) is 0 Å². The molecule has 2 nitrogen and oxygen atoms in total. The summed E-state index contributed by atoms with van der Waals surface area (Å²) in [5, 5.41) is 3.65. The number of rotatable bonds is 3. The van der Waals surface area contributed by atoms with Gasteiger partial charge in [0.05, 0.1) is 0 Å². The highest BCUT2D eigenvalue weighted by Gasteiger charge is 2.13. The van der Waals surface area contributed by atoms with Gasteiger partial charge in [0.2, 0.25) is 0 Å². The zero-order valence-corrected chi connectivity index (χ0v) is 10.1. The molecule has 0 aromatic heterocycles. The minimum Gasteiger partial charge on any atom is -0.351 e. The van der Waals surface area contributed by atoms with Gasteiger partial charge in [-0.1, -0.05) is 22.0 Å². The maximum Gasteiger partial charge on any atom is 0.251 e. The molecule has 1 aliphatic rings. The Morgan fingerprint density at radius 3 is 2.93 bits per heavy atom. The van der Waals surface area contributed by atoms with E-state index in [0.29, 0.717) is 6.54 Å². The molecule has 1 aromatic carbocycles. The van der Waals surface area contributed by atoms with Crippen molar-refractivity contribution in [2.45, 2.75) is 19.3 Å². The SMILES string of the molecule is O=C(NCCBr)c1ccc2c(c1)CCC2. The van der Waals surface area contributed by atoms with Crippen molar-refractivity contribution in [2.24, 2.45) is 0 Å². The quantitative estimate of drug-likeness (QED) is 0.837. The summed E-state index contributed by atoms with van der Waals surface area (Å²) >= 11 is 3.29. The molecule has 15 heavy (non-hydrogen) atoms. The third-order valence-electron chi connectivity index (χ3n) is 2.74. The summed E-state index contributed by atoms with van der Waals surface area (Å²) in [4.78, 5) is 11.7. The molecule has 0 saturated carbocycles. The van der Waals surface area contributed by atoms with Crippen LogP contribution in [0, 0.1) is 0 Å². The molecule has 0 fully saturated rings. The van der Waals surface area contributed by atoms with Gasteiger partial charge in [0.1, 0.15) is 0 Å². The summed E-state index contributed by atoms with van der Waals surface area (Å²) in [6, 6.07) is 6.05. The topological polar surface area (TPSA) is 29.1 Å². The molecule has 80 valence electrons. The number of aryl methyl sites for hydroxylation is 2. The maximum atomic E-state index is 11.7. The molecule has 2 rings (SSSR count). The standard InChI is InChI=1S/C12H14BrNO/c13-6-7-14-12(15)11-5-4-9-2-1-3-10(9)8-11/h4-5,8H,1-3,6-7H2,(H,14,15). The second kappa shape index (κ2) is 4.79. The number of halogens is 1. The van der Waals surface area contributed by atoms with Crippen LogP contribution in [-0.2, 0) is 12.8 Å². The van der Waals surface area contributed by atoms with Gasteiger partial charge in [-0.3, -0.25) is 4.79 Å². The molecule has 0 bridgehead atoms. The lowest BCUT2D eigenvalue weighted by molar-refractivity contribution is 0.0956. The highest BCUT2D eigenvalue weighted by molar-refractivity contribution is 9.09. The molecule has 0 heterocycles. The molecule has 0 unspecified atom stereocenters. The number of benzene rings is 1. The highest BCUT2D eigenvalue weighted by Crippen LogP contribution is 2.22. The van der Waals surface area contributed by atoms with Crippen molar-refractivity contribution >= 4 is 21.8 Å². The monoisotopic (exact) mass is 267 g/mol. The van der Waals surface area contributed by atoms with E-state index in [1.54, 1.807) is 0 Å². The number of fused-ring (bicyclic) bond motifs is 1. The summed E-state index contributed by atoms with van der Waals surface area (Å²) in [6.07, 6.45) is 3.51. The number of carbonyl (C=O) groups is 1. The Balaban J connectivity index is 2.12. The van der Waals surface area contributed by atoms with Gasteiger partial charge in [-0.25, -0.2) is 0 Å². The fraction of sp³-hybridized carbons (Fsp3) is 0.417. The van der Waals surface area contributed by atoms with Crippen molar-refractivity contribution in [3.63, 3.8) is 0 Å². The van der Waals surface area contributed by atoms with Crippen LogP contribution in [0.1, 0.15) is 27.9 Å². The van der Waals surface area contributed by atoms with Crippen LogP contribution in [-0.4, -0.2) is 17.8 Å². The van der Waals surface area contributed by atoms with Gasteiger partial charge in [-0.2, -0.15) is 0 Å². The first-order chi connectivity index (χ1) is 7.31. The minimum absolute atomic E-state index is 0.0316. The Kier molecular flexibility index (Phi) is 3.41. The van der Waals surface area contributed by atoms with Gasteiger partial charge in [-0.05, 0) is 42.5 Å². The maximum absolute atomic E-state index is 11.7.